The summed E-state index contributed by atoms with van der Waals surface area (Å²) in [5.41, 5.74) is 0.379. The highest BCUT2D eigenvalue weighted by Crippen LogP contribution is 2.28. The second kappa shape index (κ2) is 7.10. The SMILES string of the molecule is O=C(NC1CCN(c2ncc(Cl)cc2Cl)CC1)c1ccncn1. The van der Waals surface area contributed by atoms with Crippen LogP contribution in [0.25, 0.3) is 0 Å². The van der Waals surface area contributed by atoms with E-state index in [0.29, 0.717) is 15.7 Å². The lowest BCUT2D eigenvalue weighted by Gasteiger charge is -2.33. The van der Waals surface area contributed by atoms with E-state index < -0.39 is 0 Å². The van der Waals surface area contributed by atoms with Crippen molar-refractivity contribution in [2.45, 2.75) is 18.9 Å². The van der Waals surface area contributed by atoms with E-state index in [-0.39, 0.29) is 11.9 Å². The van der Waals surface area contributed by atoms with Crippen molar-refractivity contribution in [3.05, 3.63) is 46.6 Å². The Bertz CT molecular complexity index is 690. The van der Waals surface area contributed by atoms with Crippen LogP contribution in [0, 0.1) is 0 Å². The van der Waals surface area contributed by atoms with E-state index in [1.54, 1.807) is 24.5 Å². The van der Waals surface area contributed by atoms with Gasteiger partial charge in [0.05, 0.1) is 10.0 Å². The average Bonchev–Trinajstić information content (AvgIpc) is 2.57. The fraction of sp³-hybridized carbons (Fsp3) is 0.333. The summed E-state index contributed by atoms with van der Waals surface area (Å²) in [6.45, 7) is 1.53. The van der Waals surface area contributed by atoms with Crippen LogP contribution in [0.3, 0.4) is 0 Å². The van der Waals surface area contributed by atoms with Crippen LogP contribution in [0.5, 0.6) is 0 Å². The van der Waals surface area contributed by atoms with E-state index in [1.165, 1.54) is 6.33 Å². The Morgan fingerprint density at radius 2 is 2.04 bits per heavy atom. The van der Waals surface area contributed by atoms with Crippen LogP contribution in [-0.2, 0) is 0 Å². The molecule has 3 heterocycles. The molecule has 0 aromatic carbocycles. The van der Waals surface area contributed by atoms with Gasteiger partial charge < -0.3 is 10.2 Å². The lowest BCUT2D eigenvalue weighted by Crippen LogP contribution is -2.45. The van der Waals surface area contributed by atoms with Crippen molar-refractivity contribution in [3.63, 3.8) is 0 Å². The first-order chi connectivity index (χ1) is 11.1. The maximum atomic E-state index is 12.1. The van der Waals surface area contributed by atoms with Crippen LogP contribution >= 0.6 is 23.2 Å². The molecule has 3 rings (SSSR count). The Morgan fingerprint density at radius 1 is 1.26 bits per heavy atom. The number of hydrogen-bond donors (Lipinski definition) is 1. The van der Waals surface area contributed by atoms with Crippen LogP contribution in [0.15, 0.2) is 30.9 Å². The van der Waals surface area contributed by atoms with Gasteiger partial charge in [0.25, 0.3) is 5.91 Å². The molecule has 1 fully saturated rings. The molecule has 0 atom stereocenters. The Kier molecular flexibility index (Phi) is 4.93. The molecule has 0 saturated carbocycles. The molecule has 0 bridgehead atoms. The topological polar surface area (TPSA) is 71.0 Å². The second-order valence-corrected chi connectivity index (χ2v) is 6.13. The lowest BCUT2D eigenvalue weighted by atomic mass is 10.0. The van der Waals surface area contributed by atoms with E-state index in [9.17, 15) is 4.79 Å². The quantitative estimate of drug-likeness (QED) is 0.919. The third-order valence-electron chi connectivity index (χ3n) is 3.73. The highest BCUT2D eigenvalue weighted by atomic mass is 35.5. The largest absolute Gasteiger partial charge is 0.355 e. The molecule has 2 aromatic heterocycles. The van der Waals surface area contributed by atoms with Gasteiger partial charge in [0.1, 0.15) is 17.8 Å². The zero-order valence-electron chi connectivity index (χ0n) is 12.2. The molecule has 23 heavy (non-hydrogen) atoms. The number of aromatic nitrogens is 3. The van der Waals surface area contributed by atoms with Crippen LogP contribution < -0.4 is 10.2 Å². The molecule has 1 aliphatic rings. The summed E-state index contributed by atoms with van der Waals surface area (Å²) in [6, 6.07) is 3.40. The molecular weight excluding hydrogens is 337 g/mol. The summed E-state index contributed by atoms with van der Waals surface area (Å²) < 4.78 is 0. The second-order valence-electron chi connectivity index (χ2n) is 5.29. The smallest absolute Gasteiger partial charge is 0.270 e. The highest BCUT2D eigenvalue weighted by molar-refractivity contribution is 6.36. The molecule has 0 spiro atoms. The zero-order chi connectivity index (χ0) is 16.2. The number of amides is 1. The molecule has 1 amide bonds. The number of piperidine rings is 1. The highest BCUT2D eigenvalue weighted by Gasteiger charge is 2.23. The van der Waals surface area contributed by atoms with Crippen LogP contribution in [-0.4, -0.2) is 40.0 Å². The molecule has 0 radical (unpaired) electrons. The third kappa shape index (κ3) is 3.89. The summed E-state index contributed by atoms with van der Waals surface area (Å²) in [5, 5.41) is 4.06. The van der Waals surface area contributed by atoms with Gasteiger partial charge in [-0.25, -0.2) is 15.0 Å². The van der Waals surface area contributed by atoms with Crippen LogP contribution in [0.4, 0.5) is 5.82 Å². The minimum Gasteiger partial charge on any atom is -0.355 e. The van der Waals surface area contributed by atoms with E-state index >= 15 is 0 Å². The van der Waals surface area contributed by atoms with Crippen molar-refractivity contribution in [3.8, 4) is 0 Å². The maximum Gasteiger partial charge on any atom is 0.270 e. The number of carbonyl (C=O) groups is 1. The number of halogens is 2. The van der Waals surface area contributed by atoms with Gasteiger partial charge in [-0.15, -0.1) is 0 Å². The Morgan fingerprint density at radius 3 is 2.70 bits per heavy atom. The van der Waals surface area contributed by atoms with E-state index in [2.05, 4.69) is 25.2 Å². The molecule has 0 unspecified atom stereocenters. The van der Waals surface area contributed by atoms with Crippen molar-refractivity contribution in [1.29, 1.82) is 0 Å². The van der Waals surface area contributed by atoms with Crippen LogP contribution in [0.2, 0.25) is 10.0 Å². The number of carbonyl (C=O) groups excluding carboxylic acids is 1. The molecule has 1 saturated heterocycles. The first-order valence-corrected chi connectivity index (χ1v) is 8.02. The van der Waals surface area contributed by atoms with Gasteiger partial charge in [0.15, 0.2) is 0 Å². The normalized spacial score (nSPS) is 15.5. The molecule has 120 valence electrons. The van der Waals surface area contributed by atoms with Gasteiger partial charge in [-0.1, -0.05) is 23.2 Å². The molecule has 1 N–H and O–H groups in total. The average molecular weight is 352 g/mol. The third-order valence-corrected chi connectivity index (χ3v) is 4.22. The Balaban J connectivity index is 1.57. The zero-order valence-corrected chi connectivity index (χ0v) is 13.8. The van der Waals surface area contributed by atoms with Crippen molar-refractivity contribution in [2.75, 3.05) is 18.0 Å². The van der Waals surface area contributed by atoms with Gasteiger partial charge in [0, 0.05) is 31.5 Å². The number of anilines is 1. The summed E-state index contributed by atoms with van der Waals surface area (Å²) in [4.78, 5) is 26.2. The van der Waals surface area contributed by atoms with Crippen molar-refractivity contribution in [2.24, 2.45) is 0 Å². The predicted octanol–water partition coefficient (Wildman–Crippen LogP) is 2.58. The summed E-state index contributed by atoms with van der Waals surface area (Å²) in [6.07, 6.45) is 6.14. The molecule has 0 aliphatic carbocycles. The van der Waals surface area contributed by atoms with Gasteiger partial charge in [-0.05, 0) is 25.0 Å². The number of hydrogen-bond acceptors (Lipinski definition) is 5. The number of nitrogens with one attached hydrogen (secondary N) is 1. The predicted molar refractivity (Wildman–Crippen MR) is 89.0 cm³/mol. The number of pyridine rings is 1. The van der Waals surface area contributed by atoms with Gasteiger partial charge >= 0.3 is 0 Å². The van der Waals surface area contributed by atoms with E-state index in [4.69, 9.17) is 23.2 Å². The Labute approximate surface area is 143 Å². The van der Waals surface area contributed by atoms with Crippen molar-refractivity contribution in [1.82, 2.24) is 20.3 Å². The number of nitrogens with zero attached hydrogens (tertiary/aromatic N) is 4. The maximum absolute atomic E-state index is 12.1. The van der Waals surface area contributed by atoms with Crippen molar-refractivity contribution >= 4 is 34.9 Å². The monoisotopic (exact) mass is 351 g/mol. The van der Waals surface area contributed by atoms with Crippen LogP contribution in [0.1, 0.15) is 23.3 Å². The van der Waals surface area contributed by atoms with E-state index in [1.807, 2.05) is 0 Å². The lowest BCUT2D eigenvalue weighted by molar-refractivity contribution is 0.0926. The minimum atomic E-state index is -0.173. The minimum absolute atomic E-state index is 0.111. The van der Waals surface area contributed by atoms with E-state index in [0.717, 1.165) is 31.7 Å². The molecular formula is C15H15Cl2N5O. The van der Waals surface area contributed by atoms with Crippen molar-refractivity contribution < 1.29 is 4.79 Å². The number of rotatable bonds is 3. The summed E-state index contributed by atoms with van der Waals surface area (Å²) in [7, 11) is 0. The summed E-state index contributed by atoms with van der Waals surface area (Å²) >= 11 is 12.1. The van der Waals surface area contributed by atoms with Gasteiger partial charge in [-0.3, -0.25) is 4.79 Å². The first-order valence-electron chi connectivity index (χ1n) is 7.26. The molecule has 1 aliphatic heterocycles. The summed E-state index contributed by atoms with van der Waals surface area (Å²) in [5.74, 6) is 0.560. The standard InChI is InChI=1S/C15H15Cl2N5O/c16-10-7-12(17)14(19-8-10)22-5-2-11(3-6-22)21-15(23)13-1-4-18-9-20-13/h1,4,7-9,11H,2-3,5-6H2,(H,21,23). The molecule has 2 aromatic rings. The molecule has 8 heteroatoms. The first kappa shape index (κ1) is 16.0. The van der Waals surface area contributed by atoms with Gasteiger partial charge in [0.2, 0.25) is 0 Å². The Hall–Kier alpha value is -1.92. The fourth-order valence-electron chi connectivity index (χ4n) is 2.56. The fourth-order valence-corrected chi connectivity index (χ4v) is 3.06. The van der Waals surface area contributed by atoms with Gasteiger partial charge in [-0.2, -0.15) is 0 Å². The molecule has 6 nitrogen and oxygen atoms in total.